The summed E-state index contributed by atoms with van der Waals surface area (Å²) in [6.07, 6.45) is 4.01. The van der Waals surface area contributed by atoms with Crippen molar-refractivity contribution in [3.63, 3.8) is 0 Å². The van der Waals surface area contributed by atoms with E-state index in [9.17, 15) is 0 Å². The summed E-state index contributed by atoms with van der Waals surface area (Å²) in [6, 6.07) is 8.66. The van der Waals surface area contributed by atoms with Crippen LogP contribution in [0.15, 0.2) is 30.5 Å². The predicted octanol–water partition coefficient (Wildman–Crippen LogP) is 2.18. The van der Waals surface area contributed by atoms with Gasteiger partial charge >= 0.3 is 0 Å². The van der Waals surface area contributed by atoms with Crippen LogP contribution in [0, 0.1) is 0 Å². The van der Waals surface area contributed by atoms with Crippen LogP contribution in [0.1, 0.15) is 23.6 Å². The Morgan fingerprint density at radius 2 is 2.29 bits per heavy atom. The highest BCUT2D eigenvalue weighted by Crippen LogP contribution is 2.31. The maximum absolute atomic E-state index is 6.02. The SMILES string of the molecule is N[C@@H]1CCc2cc3ncccc3cc21. The van der Waals surface area contributed by atoms with Gasteiger partial charge in [-0.05, 0) is 42.2 Å². The third-order valence-electron chi connectivity index (χ3n) is 2.99. The minimum absolute atomic E-state index is 0.231. The number of nitrogens with zero attached hydrogens (tertiary/aromatic N) is 1. The molecule has 1 heterocycles. The molecule has 0 saturated carbocycles. The quantitative estimate of drug-likeness (QED) is 0.681. The van der Waals surface area contributed by atoms with Gasteiger partial charge in [-0.15, -0.1) is 0 Å². The van der Waals surface area contributed by atoms with Gasteiger partial charge in [-0.25, -0.2) is 0 Å². The summed E-state index contributed by atoms with van der Waals surface area (Å²) in [5.74, 6) is 0. The Labute approximate surface area is 82.8 Å². The van der Waals surface area contributed by atoms with Crippen LogP contribution in [0.4, 0.5) is 0 Å². The predicted molar refractivity (Wildman–Crippen MR) is 57.0 cm³/mol. The van der Waals surface area contributed by atoms with Gasteiger partial charge in [0.25, 0.3) is 0 Å². The van der Waals surface area contributed by atoms with Crippen molar-refractivity contribution in [1.29, 1.82) is 0 Å². The Morgan fingerprint density at radius 1 is 1.36 bits per heavy atom. The van der Waals surface area contributed by atoms with Crippen molar-refractivity contribution in [3.8, 4) is 0 Å². The number of nitrogens with two attached hydrogens (primary N) is 1. The van der Waals surface area contributed by atoms with E-state index < -0.39 is 0 Å². The molecule has 0 saturated heterocycles. The van der Waals surface area contributed by atoms with Crippen LogP contribution in [0.25, 0.3) is 10.9 Å². The molecule has 2 N–H and O–H groups in total. The Morgan fingerprint density at radius 3 is 3.21 bits per heavy atom. The molecular formula is C12H12N2. The summed E-state index contributed by atoms with van der Waals surface area (Å²) in [5.41, 5.74) is 9.79. The van der Waals surface area contributed by atoms with Crippen molar-refractivity contribution in [2.24, 2.45) is 5.73 Å². The fraction of sp³-hybridized carbons (Fsp3) is 0.250. The van der Waals surface area contributed by atoms with Crippen molar-refractivity contribution in [2.45, 2.75) is 18.9 Å². The highest BCUT2D eigenvalue weighted by Gasteiger charge is 2.19. The second-order valence-electron chi connectivity index (χ2n) is 3.89. The monoisotopic (exact) mass is 184 g/mol. The first-order valence-corrected chi connectivity index (χ1v) is 4.98. The molecule has 2 heteroatoms. The number of aryl methyl sites for hydroxylation is 1. The summed E-state index contributed by atoms with van der Waals surface area (Å²) in [6.45, 7) is 0. The molecule has 1 aliphatic carbocycles. The van der Waals surface area contributed by atoms with Crippen LogP contribution in [0.3, 0.4) is 0 Å². The molecule has 1 aliphatic rings. The van der Waals surface area contributed by atoms with E-state index in [1.54, 1.807) is 0 Å². The summed E-state index contributed by atoms with van der Waals surface area (Å²) in [5, 5.41) is 1.20. The van der Waals surface area contributed by atoms with E-state index in [4.69, 9.17) is 5.73 Å². The lowest BCUT2D eigenvalue weighted by atomic mass is 10.1. The standard InChI is InChI=1S/C12H12N2/c13-11-4-3-8-7-12-9(6-10(8)11)2-1-5-14-12/h1-2,5-7,11H,3-4,13H2/t11-/m1/s1. The lowest BCUT2D eigenvalue weighted by molar-refractivity contribution is 0.714. The maximum Gasteiger partial charge on any atom is 0.0704 e. The summed E-state index contributed by atoms with van der Waals surface area (Å²) >= 11 is 0. The zero-order chi connectivity index (χ0) is 9.54. The zero-order valence-corrected chi connectivity index (χ0v) is 7.90. The second-order valence-corrected chi connectivity index (χ2v) is 3.89. The molecule has 0 unspecified atom stereocenters. The first-order valence-electron chi connectivity index (χ1n) is 4.98. The summed E-state index contributed by atoms with van der Waals surface area (Å²) in [7, 11) is 0. The number of fused-ring (bicyclic) bond motifs is 2. The van der Waals surface area contributed by atoms with Gasteiger partial charge in [0.15, 0.2) is 0 Å². The Bertz CT molecular complexity index is 491. The van der Waals surface area contributed by atoms with Crippen LogP contribution in [-0.2, 0) is 6.42 Å². The van der Waals surface area contributed by atoms with E-state index in [2.05, 4.69) is 23.2 Å². The maximum atomic E-state index is 6.02. The Balaban J connectivity index is 2.33. The summed E-state index contributed by atoms with van der Waals surface area (Å²) < 4.78 is 0. The van der Waals surface area contributed by atoms with Gasteiger partial charge < -0.3 is 5.73 Å². The molecule has 0 bridgehead atoms. The van der Waals surface area contributed by atoms with Crippen LogP contribution in [-0.4, -0.2) is 4.98 Å². The molecule has 70 valence electrons. The number of benzene rings is 1. The van der Waals surface area contributed by atoms with Gasteiger partial charge in [-0.1, -0.05) is 6.07 Å². The van der Waals surface area contributed by atoms with Crippen LogP contribution < -0.4 is 5.73 Å². The minimum atomic E-state index is 0.231. The van der Waals surface area contributed by atoms with Crippen molar-refractivity contribution in [1.82, 2.24) is 4.98 Å². The molecule has 1 aromatic carbocycles. The normalized spacial score (nSPS) is 19.9. The number of hydrogen-bond acceptors (Lipinski definition) is 2. The molecular weight excluding hydrogens is 172 g/mol. The minimum Gasteiger partial charge on any atom is -0.324 e. The Hall–Kier alpha value is -1.41. The molecule has 1 atom stereocenters. The third-order valence-corrected chi connectivity index (χ3v) is 2.99. The smallest absolute Gasteiger partial charge is 0.0704 e. The molecule has 0 spiro atoms. The highest BCUT2D eigenvalue weighted by molar-refractivity contribution is 5.80. The zero-order valence-electron chi connectivity index (χ0n) is 7.90. The molecule has 0 fully saturated rings. The molecule has 0 amide bonds. The van der Waals surface area contributed by atoms with Gasteiger partial charge in [-0.3, -0.25) is 4.98 Å². The Kier molecular flexibility index (Phi) is 1.58. The van der Waals surface area contributed by atoms with Crippen LogP contribution >= 0.6 is 0 Å². The van der Waals surface area contributed by atoms with Gasteiger partial charge in [0.05, 0.1) is 5.52 Å². The fourth-order valence-electron chi connectivity index (χ4n) is 2.21. The number of aromatic nitrogens is 1. The number of hydrogen-bond donors (Lipinski definition) is 1. The van der Waals surface area contributed by atoms with E-state index in [1.807, 2.05) is 12.3 Å². The number of rotatable bonds is 0. The van der Waals surface area contributed by atoms with Gasteiger partial charge in [0.2, 0.25) is 0 Å². The van der Waals surface area contributed by atoms with Gasteiger partial charge in [0, 0.05) is 17.6 Å². The molecule has 0 aliphatic heterocycles. The lowest BCUT2D eigenvalue weighted by Gasteiger charge is -2.05. The van der Waals surface area contributed by atoms with Crippen molar-refractivity contribution in [3.05, 3.63) is 41.6 Å². The topological polar surface area (TPSA) is 38.9 Å². The van der Waals surface area contributed by atoms with E-state index >= 15 is 0 Å². The third kappa shape index (κ3) is 1.04. The first-order chi connectivity index (χ1) is 6.84. The molecule has 2 nitrogen and oxygen atoms in total. The van der Waals surface area contributed by atoms with E-state index in [0.29, 0.717) is 0 Å². The van der Waals surface area contributed by atoms with E-state index in [0.717, 1.165) is 18.4 Å². The van der Waals surface area contributed by atoms with Crippen molar-refractivity contribution >= 4 is 10.9 Å². The molecule has 1 aromatic heterocycles. The molecule has 14 heavy (non-hydrogen) atoms. The van der Waals surface area contributed by atoms with Crippen LogP contribution in [0.5, 0.6) is 0 Å². The lowest BCUT2D eigenvalue weighted by Crippen LogP contribution is -2.04. The average Bonchev–Trinajstić information content (AvgIpc) is 2.57. The van der Waals surface area contributed by atoms with Crippen molar-refractivity contribution in [2.75, 3.05) is 0 Å². The number of pyridine rings is 1. The highest BCUT2D eigenvalue weighted by atomic mass is 14.7. The van der Waals surface area contributed by atoms with E-state index in [-0.39, 0.29) is 6.04 Å². The fourth-order valence-corrected chi connectivity index (χ4v) is 2.21. The van der Waals surface area contributed by atoms with Gasteiger partial charge in [-0.2, -0.15) is 0 Å². The van der Waals surface area contributed by atoms with Gasteiger partial charge in [0.1, 0.15) is 0 Å². The van der Waals surface area contributed by atoms with Crippen LogP contribution in [0.2, 0.25) is 0 Å². The average molecular weight is 184 g/mol. The second kappa shape index (κ2) is 2.79. The molecule has 0 radical (unpaired) electrons. The first kappa shape index (κ1) is 7.94. The molecule has 3 rings (SSSR count). The molecule has 2 aromatic rings. The summed E-state index contributed by atoms with van der Waals surface area (Å²) in [4.78, 5) is 4.34. The van der Waals surface area contributed by atoms with Crippen molar-refractivity contribution < 1.29 is 0 Å². The largest absolute Gasteiger partial charge is 0.324 e. The van der Waals surface area contributed by atoms with E-state index in [1.165, 1.54) is 16.5 Å².